The first-order valence-electron chi connectivity index (χ1n) is 6.61. The fourth-order valence-corrected chi connectivity index (χ4v) is 1.81. The van der Waals surface area contributed by atoms with Crippen molar-refractivity contribution in [2.45, 2.75) is 13.3 Å². The van der Waals surface area contributed by atoms with E-state index in [0.29, 0.717) is 5.56 Å². The first-order chi connectivity index (χ1) is 10.1. The van der Waals surface area contributed by atoms with E-state index in [2.05, 4.69) is 5.32 Å². The van der Waals surface area contributed by atoms with Gasteiger partial charge in [0.1, 0.15) is 11.6 Å². The molecule has 0 spiro atoms. The number of aryl methyl sites for hydroxylation is 1. The molecule has 21 heavy (non-hydrogen) atoms. The molecule has 0 aliphatic heterocycles. The van der Waals surface area contributed by atoms with Crippen LogP contribution < -0.4 is 5.32 Å². The Morgan fingerprint density at radius 3 is 2.48 bits per heavy atom. The second kappa shape index (κ2) is 6.79. The molecule has 0 radical (unpaired) electrons. The van der Waals surface area contributed by atoms with Gasteiger partial charge in [0.25, 0.3) is 0 Å². The van der Waals surface area contributed by atoms with Crippen molar-refractivity contribution < 1.29 is 13.6 Å². The molecule has 0 aliphatic carbocycles. The van der Waals surface area contributed by atoms with Crippen molar-refractivity contribution in [2.75, 3.05) is 5.32 Å². The highest BCUT2D eigenvalue weighted by Gasteiger charge is 2.03. The zero-order chi connectivity index (χ0) is 15.2. The van der Waals surface area contributed by atoms with Gasteiger partial charge in [0.15, 0.2) is 5.78 Å². The zero-order valence-corrected chi connectivity index (χ0v) is 11.6. The minimum Gasteiger partial charge on any atom is -0.359 e. The first-order valence-corrected chi connectivity index (χ1v) is 6.61. The number of carbonyl (C=O) groups is 1. The summed E-state index contributed by atoms with van der Waals surface area (Å²) in [5.74, 6) is -1.54. The van der Waals surface area contributed by atoms with E-state index < -0.39 is 11.6 Å². The topological polar surface area (TPSA) is 29.1 Å². The van der Waals surface area contributed by atoms with E-state index in [0.717, 1.165) is 24.1 Å². The molecule has 0 amide bonds. The lowest BCUT2D eigenvalue weighted by Gasteiger charge is -2.02. The van der Waals surface area contributed by atoms with Crippen molar-refractivity contribution in [2.24, 2.45) is 0 Å². The summed E-state index contributed by atoms with van der Waals surface area (Å²) in [5, 5.41) is 2.62. The quantitative estimate of drug-likeness (QED) is 0.655. The smallest absolute Gasteiger partial charge is 0.187 e. The van der Waals surface area contributed by atoms with Crippen LogP contribution in [-0.4, -0.2) is 5.78 Å². The Kier molecular flexibility index (Phi) is 4.82. The van der Waals surface area contributed by atoms with Crippen molar-refractivity contribution in [3.63, 3.8) is 0 Å². The molecule has 0 saturated heterocycles. The van der Waals surface area contributed by atoms with Gasteiger partial charge in [-0.05, 0) is 24.1 Å². The number of allylic oxidation sites excluding steroid dienone is 1. The summed E-state index contributed by atoms with van der Waals surface area (Å²) < 4.78 is 26.1. The van der Waals surface area contributed by atoms with Gasteiger partial charge in [-0.25, -0.2) is 8.78 Å². The number of ketones is 1. The molecule has 108 valence electrons. The lowest BCUT2D eigenvalue weighted by atomic mass is 10.1. The fraction of sp³-hybridized carbons (Fsp3) is 0.118. The van der Waals surface area contributed by atoms with Gasteiger partial charge in [-0.1, -0.05) is 31.2 Å². The second-order valence-electron chi connectivity index (χ2n) is 4.52. The van der Waals surface area contributed by atoms with Crippen LogP contribution >= 0.6 is 0 Å². The Labute approximate surface area is 122 Å². The number of benzene rings is 2. The van der Waals surface area contributed by atoms with E-state index in [9.17, 15) is 13.6 Å². The second-order valence-corrected chi connectivity index (χ2v) is 4.52. The highest BCUT2D eigenvalue weighted by molar-refractivity contribution is 6.04. The fourth-order valence-electron chi connectivity index (χ4n) is 1.81. The van der Waals surface area contributed by atoms with Gasteiger partial charge < -0.3 is 5.32 Å². The van der Waals surface area contributed by atoms with Crippen LogP contribution in [0.1, 0.15) is 22.8 Å². The normalized spacial score (nSPS) is 10.8. The molecule has 2 rings (SSSR count). The molecule has 2 nitrogen and oxygen atoms in total. The van der Waals surface area contributed by atoms with E-state index in [1.165, 1.54) is 18.3 Å². The summed E-state index contributed by atoms with van der Waals surface area (Å²) in [4.78, 5) is 11.9. The van der Waals surface area contributed by atoms with Gasteiger partial charge in [-0.2, -0.15) is 0 Å². The maximum absolute atomic E-state index is 13.4. The van der Waals surface area contributed by atoms with Crippen molar-refractivity contribution in [3.8, 4) is 0 Å². The molecule has 2 aromatic rings. The molecule has 0 bridgehead atoms. The molecule has 0 unspecified atom stereocenters. The lowest BCUT2D eigenvalue weighted by molar-refractivity contribution is 0.104. The Bertz CT molecular complexity index is 663. The molecule has 2 aromatic carbocycles. The zero-order valence-electron chi connectivity index (χ0n) is 11.6. The lowest BCUT2D eigenvalue weighted by Crippen LogP contribution is -1.98. The maximum atomic E-state index is 13.4. The van der Waals surface area contributed by atoms with E-state index >= 15 is 0 Å². The molecule has 1 N–H and O–H groups in total. The standard InChI is InChI=1S/C17H15F2NO/c1-2-12-3-5-13(6-4-12)17(21)9-10-20-16-8-7-14(18)11-15(16)19/h3-11,20H,2H2,1H3/b10-9-. The number of anilines is 1. The first kappa shape index (κ1) is 14.9. The van der Waals surface area contributed by atoms with E-state index in [4.69, 9.17) is 0 Å². The van der Waals surface area contributed by atoms with Gasteiger partial charge in [-0.3, -0.25) is 4.79 Å². The van der Waals surface area contributed by atoms with Crippen molar-refractivity contribution >= 4 is 11.5 Å². The van der Waals surface area contributed by atoms with Gasteiger partial charge in [0.2, 0.25) is 0 Å². The van der Waals surface area contributed by atoms with Gasteiger partial charge >= 0.3 is 0 Å². The number of carbonyl (C=O) groups excluding carboxylic acids is 1. The van der Waals surface area contributed by atoms with Gasteiger partial charge in [0.05, 0.1) is 5.69 Å². The average molecular weight is 287 g/mol. The number of nitrogens with one attached hydrogen (secondary N) is 1. The molecule has 0 saturated carbocycles. The van der Waals surface area contributed by atoms with Crippen LogP contribution in [0.3, 0.4) is 0 Å². The minimum atomic E-state index is -0.709. The van der Waals surface area contributed by atoms with Crippen LogP contribution in [0.2, 0.25) is 0 Å². The summed E-state index contributed by atoms with van der Waals surface area (Å²) in [6, 6.07) is 10.5. The summed E-state index contributed by atoms with van der Waals surface area (Å²) in [7, 11) is 0. The third-order valence-electron chi connectivity index (χ3n) is 3.05. The van der Waals surface area contributed by atoms with E-state index in [1.807, 2.05) is 19.1 Å². The minimum absolute atomic E-state index is 0.113. The van der Waals surface area contributed by atoms with Crippen LogP contribution in [0, 0.1) is 11.6 Å². The Morgan fingerprint density at radius 1 is 1.14 bits per heavy atom. The van der Waals surface area contributed by atoms with Crippen molar-refractivity contribution in [3.05, 3.63) is 77.5 Å². The van der Waals surface area contributed by atoms with Crippen LogP contribution in [0.5, 0.6) is 0 Å². The third-order valence-corrected chi connectivity index (χ3v) is 3.05. The largest absolute Gasteiger partial charge is 0.359 e. The Hall–Kier alpha value is -2.49. The maximum Gasteiger partial charge on any atom is 0.187 e. The summed E-state index contributed by atoms with van der Waals surface area (Å²) in [6.07, 6.45) is 3.56. The van der Waals surface area contributed by atoms with Crippen LogP contribution in [-0.2, 0) is 6.42 Å². The van der Waals surface area contributed by atoms with E-state index in [-0.39, 0.29) is 11.5 Å². The molecule has 0 fully saturated rings. The predicted octanol–water partition coefficient (Wildman–Crippen LogP) is 4.34. The average Bonchev–Trinajstić information content (AvgIpc) is 2.49. The molecule has 0 aromatic heterocycles. The number of hydrogen-bond donors (Lipinski definition) is 1. The monoisotopic (exact) mass is 287 g/mol. The molecule has 0 atom stereocenters. The van der Waals surface area contributed by atoms with Crippen LogP contribution in [0.4, 0.5) is 14.5 Å². The summed E-state index contributed by atoms with van der Waals surface area (Å²) in [6.45, 7) is 2.04. The highest BCUT2D eigenvalue weighted by Crippen LogP contribution is 2.15. The SMILES string of the molecule is CCc1ccc(C(=O)/C=C\Nc2ccc(F)cc2F)cc1. The van der Waals surface area contributed by atoms with Gasteiger partial charge in [0, 0.05) is 23.9 Å². The molecular weight excluding hydrogens is 272 g/mol. The number of halogens is 2. The summed E-state index contributed by atoms with van der Waals surface area (Å²) in [5.41, 5.74) is 1.83. The van der Waals surface area contributed by atoms with Gasteiger partial charge in [-0.15, -0.1) is 0 Å². The number of rotatable bonds is 5. The summed E-state index contributed by atoms with van der Waals surface area (Å²) >= 11 is 0. The Balaban J connectivity index is 2.01. The predicted molar refractivity (Wildman–Crippen MR) is 79.3 cm³/mol. The molecular formula is C17H15F2NO. The Morgan fingerprint density at radius 2 is 1.86 bits per heavy atom. The van der Waals surface area contributed by atoms with Crippen molar-refractivity contribution in [1.29, 1.82) is 0 Å². The highest BCUT2D eigenvalue weighted by atomic mass is 19.1. The third kappa shape index (κ3) is 3.99. The molecule has 0 aliphatic rings. The van der Waals surface area contributed by atoms with Crippen LogP contribution in [0.15, 0.2) is 54.7 Å². The van der Waals surface area contributed by atoms with Crippen LogP contribution in [0.25, 0.3) is 0 Å². The molecule has 0 heterocycles. The molecule has 4 heteroatoms. The van der Waals surface area contributed by atoms with E-state index in [1.54, 1.807) is 12.1 Å². The number of hydrogen-bond acceptors (Lipinski definition) is 2. The van der Waals surface area contributed by atoms with Crippen molar-refractivity contribution in [1.82, 2.24) is 0 Å².